The quantitative estimate of drug-likeness (QED) is 0.497. The van der Waals surface area contributed by atoms with Gasteiger partial charge in [-0.05, 0) is 56.6 Å². The average Bonchev–Trinajstić information content (AvgIpc) is 3.23. The number of allylic oxidation sites excluding steroid dienone is 1. The number of rotatable bonds is 10. The maximum atomic E-state index is 6.60. The molecule has 1 atom stereocenters. The van der Waals surface area contributed by atoms with Crippen molar-refractivity contribution in [1.82, 2.24) is 15.5 Å². The fourth-order valence-corrected chi connectivity index (χ4v) is 3.92. The van der Waals surface area contributed by atoms with Crippen LogP contribution in [0.15, 0.2) is 35.1 Å². The van der Waals surface area contributed by atoms with Gasteiger partial charge in [-0.15, -0.1) is 0 Å². The summed E-state index contributed by atoms with van der Waals surface area (Å²) < 4.78 is 16.8. The Morgan fingerprint density at radius 2 is 2.13 bits per heavy atom. The number of likely N-dealkylation sites (tertiary alicyclic amines) is 1. The lowest BCUT2D eigenvalue weighted by atomic mass is 10.1. The highest BCUT2D eigenvalue weighted by molar-refractivity contribution is 5.74. The Bertz CT molecular complexity index is 774. The number of nitrogens with two attached hydrogens (primary N) is 1. The van der Waals surface area contributed by atoms with Crippen LogP contribution in [-0.4, -0.2) is 64.2 Å². The van der Waals surface area contributed by atoms with Crippen molar-refractivity contribution in [2.75, 3.05) is 53.1 Å². The second-order valence-corrected chi connectivity index (χ2v) is 8.15. The Kier molecular flexibility index (Phi) is 6.76. The molecule has 3 aliphatic rings. The molecule has 2 saturated heterocycles. The summed E-state index contributed by atoms with van der Waals surface area (Å²) in [6, 6.07) is 5.72. The van der Waals surface area contributed by atoms with Gasteiger partial charge in [0.25, 0.3) is 0 Å². The van der Waals surface area contributed by atoms with Crippen molar-refractivity contribution >= 4 is 6.21 Å². The third-order valence-corrected chi connectivity index (χ3v) is 5.81. The SMILES string of the molecule is COc1ccc(C2(N)N=CC=C(NCC3COC3)N2)cc1OCCCN1CCCC1. The van der Waals surface area contributed by atoms with Crippen LogP contribution in [-0.2, 0) is 10.5 Å². The predicted octanol–water partition coefficient (Wildman–Crippen LogP) is 1.38. The Balaban J connectivity index is 1.37. The molecular weight excluding hydrogens is 382 g/mol. The number of hydrogen-bond donors (Lipinski definition) is 3. The number of nitrogens with one attached hydrogen (secondary N) is 2. The number of aliphatic imine (C=N–C) groups is 1. The molecule has 0 radical (unpaired) electrons. The zero-order valence-corrected chi connectivity index (χ0v) is 17.7. The van der Waals surface area contributed by atoms with E-state index >= 15 is 0 Å². The number of methoxy groups -OCH3 is 1. The van der Waals surface area contributed by atoms with Crippen molar-refractivity contribution in [2.45, 2.75) is 25.0 Å². The van der Waals surface area contributed by atoms with Gasteiger partial charge in [-0.3, -0.25) is 5.73 Å². The van der Waals surface area contributed by atoms with E-state index in [1.165, 1.54) is 25.9 Å². The van der Waals surface area contributed by atoms with Crippen molar-refractivity contribution in [3.05, 3.63) is 35.7 Å². The van der Waals surface area contributed by atoms with Crippen LogP contribution < -0.4 is 25.8 Å². The number of hydrogen-bond acceptors (Lipinski definition) is 8. The first-order valence-corrected chi connectivity index (χ1v) is 10.8. The summed E-state index contributed by atoms with van der Waals surface area (Å²) in [4.78, 5) is 6.98. The molecule has 1 aromatic rings. The highest BCUT2D eigenvalue weighted by Crippen LogP contribution is 2.32. The van der Waals surface area contributed by atoms with Crippen LogP contribution in [0.3, 0.4) is 0 Å². The molecule has 164 valence electrons. The summed E-state index contributed by atoms with van der Waals surface area (Å²) in [6.07, 6.45) is 7.23. The molecule has 3 aliphatic heterocycles. The summed E-state index contributed by atoms with van der Waals surface area (Å²) in [5.74, 6) is 1.72. The minimum Gasteiger partial charge on any atom is -0.493 e. The van der Waals surface area contributed by atoms with E-state index in [4.69, 9.17) is 19.9 Å². The van der Waals surface area contributed by atoms with Gasteiger partial charge in [0.2, 0.25) is 5.79 Å². The number of nitrogens with zero attached hydrogens (tertiary/aromatic N) is 2. The van der Waals surface area contributed by atoms with Gasteiger partial charge in [0.05, 0.1) is 26.9 Å². The zero-order valence-electron chi connectivity index (χ0n) is 17.7. The predicted molar refractivity (Wildman–Crippen MR) is 117 cm³/mol. The number of ether oxygens (including phenoxy) is 3. The molecule has 0 aromatic heterocycles. The molecule has 3 heterocycles. The van der Waals surface area contributed by atoms with Gasteiger partial charge in [-0.1, -0.05) is 0 Å². The van der Waals surface area contributed by atoms with Crippen LogP contribution in [0, 0.1) is 5.92 Å². The van der Waals surface area contributed by atoms with Gasteiger partial charge in [-0.25, -0.2) is 4.99 Å². The highest BCUT2D eigenvalue weighted by Gasteiger charge is 2.30. The van der Waals surface area contributed by atoms with E-state index in [-0.39, 0.29) is 0 Å². The van der Waals surface area contributed by atoms with Crippen molar-refractivity contribution in [3.8, 4) is 11.5 Å². The van der Waals surface area contributed by atoms with Gasteiger partial charge in [0, 0.05) is 30.8 Å². The number of benzene rings is 1. The smallest absolute Gasteiger partial charge is 0.210 e. The summed E-state index contributed by atoms with van der Waals surface area (Å²) in [7, 11) is 1.65. The molecule has 0 spiro atoms. The topological polar surface area (TPSA) is 93.4 Å². The van der Waals surface area contributed by atoms with Crippen LogP contribution in [0.5, 0.6) is 11.5 Å². The van der Waals surface area contributed by atoms with Gasteiger partial charge >= 0.3 is 0 Å². The molecule has 8 heteroatoms. The molecule has 1 unspecified atom stereocenters. The minimum atomic E-state index is -1.06. The van der Waals surface area contributed by atoms with Crippen molar-refractivity contribution in [3.63, 3.8) is 0 Å². The van der Waals surface area contributed by atoms with Crippen LogP contribution >= 0.6 is 0 Å². The summed E-state index contributed by atoms with van der Waals surface area (Å²) >= 11 is 0. The molecular formula is C22H33N5O3. The van der Waals surface area contributed by atoms with Gasteiger partial charge < -0.3 is 29.7 Å². The summed E-state index contributed by atoms with van der Waals surface area (Å²) in [5.41, 5.74) is 7.42. The molecule has 0 aliphatic carbocycles. The van der Waals surface area contributed by atoms with E-state index in [2.05, 4.69) is 20.5 Å². The second kappa shape index (κ2) is 9.68. The van der Waals surface area contributed by atoms with Crippen LogP contribution in [0.4, 0.5) is 0 Å². The van der Waals surface area contributed by atoms with E-state index in [0.29, 0.717) is 24.0 Å². The van der Waals surface area contributed by atoms with Gasteiger partial charge in [0.1, 0.15) is 5.82 Å². The molecule has 1 aromatic carbocycles. The van der Waals surface area contributed by atoms with E-state index in [9.17, 15) is 0 Å². The maximum Gasteiger partial charge on any atom is 0.210 e. The van der Waals surface area contributed by atoms with E-state index in [0.717, 1.165) is 44.1 Å². The summed E-state index contributed by atoms with van der Waals surface area (Å²) in [6.45, 7) is 6.57. The van der Waals surface area contributed by atoms with Gasteiger partial charge in [-0.2, -0.15) is 0 Å². The Morgan fingerprint density at radius 3 is 2.87 bits per heavy atom. The molecule has 0 saturated carbocycles. The van der Waals surface area contributed by atoms with Gasteiger partial charge in [0.15, 0.2) is 11.5 Å². The third-order valence-electron chi connectivity index (χ3n) is 5.81. The fraction of sp³-hybridized carbons (Fsp3) is 0.591. The standard InChI is InChI=1S/C22H33N5O3/c1-28-19-6-5-18(13-20(19)30-12-4-11-27-9-2-3-10-27)22(23)25-8-7-21(26-22)24-14-17-15-29-16-17/h5-8,13,17,24,26H,2-4,9-12,14-16,23H2,1H3. The lowest BCUT2D eigenvalue weighted by Gasteiger charge is -2.33. The largest absolute Gasteiger partial charge is 0.493 e. The maximum absolute atomic E-state index is 6.60. The average molecular weight is 416 g/mol. The van der Waals surface area contributed by atoms with E-state index in [1.54, 1.807) is 13.3 Å². The van der Waals surface area contributed by atoms with Crippen molar-refractivity contribution in [1.29, 1.82) is 0 Å². The van der Waals surface area contributed by atoms with Crippen LogP contribution in [0.25, 0.3) is 0 Å². The zero-order chi connectivity index (χ0) is 20.8. The highest BCUT2D eigenvalue weighted by atomic mass is 16.5. The molecule has 8 nitrogen and oxygen atoms in total. The van der Waals surface area contributed by atoms with Crippen LogP contribution in [0.2, 0.25) is 0 Å². The lowest BCUT2D eigenvalue weighted by Crippen LogP contribution is -2.53. The molecule has 0 amide bonds. The normalized spacial score (nSPS) is 24.1. The Morgan fingerprint density at radius 1 is 1.30 bits per heavy atom. The molecule has 4 N–H and O–H groups in total. The third kappa shape index (κ3) is 5.06. The molecule has 2 fully saturated rings. The van der Waals surface area contributed by atoms with E-state index < -0.39 is 5.79 Å². The first-order valence-electron chi connectivity index (χ1n) is 10.8. The Labute approximate surface area is 178 Å². The van der Waals surface area contributed by atoms with E-state index in [1.807, 2.05) is 24.3 Å². The minimum absolute atomic E-state index is 0.542. The van der Waals surface area contributed by atoms with Crippen molar-refractivity contribution in [2.24, 2.45) is 16.6 Å². The molecule has 30 heavy (non-hydrogen) atoms. The first-order chi connectivity index (χ1) is 14.7. The summed E-state index contributed by atoms with van der Waals surface area (Å²) in [5, 5.41) is 6.70. The molecule has 4 rings (SSSR count). The second-order valence-electron chi connectivity index (χ2n) is 8.15. The monoisotopic (exact) mass is 415 g/mol. The lowest BCUT2D eigenvalue weighted by molar-refractivity contribution is -0.0299. The first kappa shape index (κ1) is 21.0. The Hall–Kier alpha value is -2.29. The van der Waals surface area contributed by atoms with Crippen LogP contribution in [0.1, 0.15) is 24.8 Å². The fourth-order valence-electron chi connectivity index (χ4n) is 3.92. The van der Waals surface area contributed by atoms with Crippen molar-refractivity contribution < 1.29 is 14.2 Å². The molecule has 0 bridgehead atoms.